The number of nitrogens with zero attached hydrogens (tertiary/aromatic N) is 1. The summed E-state index contributed by atoms with van der Waals surface area (Å²) in [5.41, 5.74) is 7.09. The maximum absolute atomic E-state index is 5.97. The van der Waals surface area contributed by atoms with Gasteiger partial charge in [-0.2, -0.15) is 0 Å². The molecule has 0 bridgehead atoms. The number of nitrogen functional groups attached to an aromatic ring is 1. The van der Waals surface area contributed by atoms with E-state index in [1.54, 1.807) is 0 Å². The first kappa shape index (κ1) is 11.8. The summed E-state index contributed by atoms with van der Waals surface area (Å²) in [6.07, 6.45) is 0.158. The molecular weight excluding hydrogens is 238 g/mol. The number of anilines is 1. The summed E-state index contributed by atoms with van der Waals surface area (Å²) in [7, 11) is 0. The van der Waals surface area contributed by atoms with Crippen molar-refractivity contribution in [1.29, 1.82) is 0 Å². The van der Waals surface area contributed by atoms with Crippen molar-refractivity contribution in [2.75, 3.05) is 5.73 Å². The van der Waals surface area contributed by atoms with Crippen LogP contribution in [0.2, 0.25) is 5.15 Å². The number of aromatic amines is 1. The molecule has 0 saturated heterocycles. The molecule has 1 heterocycles. The van der Waals surface area contributed by atoms with Gasteiger partial charge in [-0.3, -0.25) is 0 Å². The molecule has 0 aliphatic carbocycles. The van der Waals surface area contributed by atoms with Crippen LogP contribution in [0.5, 0.6) is 5.75 Å². The largest absolute Gasteiger partial charge is 0.491 e. The standard InChI is InChI=1S/C12H14ClN3O/c1-7(2)17-9-5-3-8(4-6-9)10-11(13)16-12(14)15-10/h3-7H,1-2H3,(H3,14,15,16). The van der Waals surface area contributed by atoms with E-state index in [4.69, 9.17) is 22.1 Å². The number of rotatable bonds is 3. The van der Waals surface area contributed by atoms with Gasteiger partial charge in [0.15, 0.2) is 5.95 Å². The lowest BCUT2D eigenvalue weighted by Gasteiger charge is -2.09. The van der Waals surface area contributed by atoms with Gasteiger partial charge in [0.05, 0.1) is 6.10 Å². The van der Waals surface area contributed by atoms with Crippen molar-refractivity contribution in [3.63, 3.8) is 0 Å². The van der Waals surface area contributed by atoms with Crippen molar-refractivity contribution in [3.8, 4) is 17.0 Å². The Balaban J connectivity index is 2.26. The smallest absolute Gasteiger partial charge is 0.199 e. The summed E-state index contributed by atoms with van der Waals surface area (Å²) in [6, 6.07) is 7.57. The first-order valence-electron chi connectivity index (χ1n) is 5.34. The number of ether oxygens (including phenoxy) is 1. The molecular formula is C12H14ClN3O. The van der Waals surface area contributed by atoms with Gasteiger partial charge in [-0.25, -0.2) is 4.98 Å². The Morgan fingerprint density at radius 2 is 1.94 bits per heavy atom. The van der Waals surface area contributed by atoms with Crippen molar-refractivity contribution in [3.05, 3.63) is 29.4 Å². The van der Waals surface area contributed by atoms with E-state index in [1.165, 1.54) is 0 Å². The summed E-state index contributed by atoms with van der Waals surface area (Å²) in [5.74, 6) is 1.14. The van der Waals surface area contributed by atoms with Gasteiger partial charge in [0.25, 0.3) is 0 Å². The second kappa shape index (κ2) is 4.67. The topological polar surface area (TPSA) is 63.9 Å². The molecule has 2 aromatic rings. The lowest BCUT2D eigenvalue weighted by atomic mass is 10.1. The highest BCUT2D eigenvalue weighted by molar-refractivity contribution is 6.32. The van der Waals surface area contributed by atoms with E-state index in [0.29, 0.717) is 16.8 Å². The van der Waals surface area contributed by atoms with Gasteiger partial charge in [0.1, 0.15) is 16.6 Å². The first-order chi connectivity index (χ1) is 8.06. The van der Waals surface area contributed by atoms with Crippen LogP contribution < -0.4 is 10.5 Å². The van der Waals surface area contributed by atoms with Gasteiger partial charge in [0, 0.05) is 5.56 Å². The van der Waals surface area contributed by atoms with Crippen LogP contribution in [0.3, 0.4) is 0 Å². The Kier molecular flexibility index (Phi) is 3.24. The fourth-order valence-electron chi connectivity index (χ4n) is 1.52. The minimum Gasteiger partial charge on any atom is -0.491 e. The number of benzene rings is 1. The number of halogens is 1. The fourth-order valence-corrected chi connectivity index (χ4v) is 1.77. The van der Waals surface area contributed by atoms with E-state index in [0.717, 1.165) is 11.3 Å². The van der Waals surface area contributed by atoms with Crippen LogP contribution in [0, 0.1) is 0 Å². The zero-order chi connectivity index (χ0) is 12.4. The summed E-state index contributed by atoms with van der Waals surface area (Å²) in [4.78, 5) is 6.87. The molecule has 2 rings (SSSR count). The average Bonchev–Trinajstić information content (AvgIpc) is 2.58. The lowest BCUT2D eigenvalue weighted by Crippen LogP contribution is -2.05. The number of hydrogen-bond donors (Lipinski definition) is 2. The van der Waals surface area contributed by atoms with Gasteiger partial charge in [0.2, 0.25) is 0 Å². The molecule has 0 aliphatic rings. The highest BCUT2D eigenvalue weighted by Crippen LogP contribution is 2.27. The van der Waals surface area contributed by atoms with Gasteiger partial charge in [-0.05, 0) is 38.1 Å². The molecule has 0 spiro atoms. The normalized spacial score (nSPS) is 10.8. The minimum absolute atomic E-state index is 0.158. The Labute approximate surface area is 105 Å². The van der Waals surface area contributed by atoms with Crippen LogP contribution in [0.15, 0.2) is 24.3 Å². The Hall–Kier alpha value is -1.68. The van der Waals surface area contributed by atoms with Gasteiger partial charge in [-0.15, -0.1) is 0 Å². The summed E-state index contributed by atoms with van der Waals surface area (Å²) < 4.78 is 5.55. The van der Waals surface area contributed by atoms with Gasteiger partial charge >= 0.3 is 0 Å². The second-order valence-electron chi connectivity index (χ2n) is 3.98. The van der Waals surface area contributed by atoms with Crippen LogP contribution in [0.25, 0.3) is 11.3 Å². The van der Waals surface area contributed by atoms with Crippen molar-refractivity contribution >= 4 is 17.5 Å². The van der Waals surface area contributed by atoms with Gasteiger partial charge in [-0.1, -0.05) is 11.6 Å². The van der Waals surface area contributed by atoms with Crippen molar-refractivity contribution in [2.24, 2.45) is 0 Å². The first-order valence-corrected chi connectivity index (χ1v) is 5.72. The predicted octanol–water partition coefficient (Wildman–Crippen LogP) is 3.10. The molecule has 0 saturated carbocycles. The monoisotopic (exact) mass is 251 g/mol. The molecule has 1 aromatic carbocycles. The van der Waals surface area contributed by atoms with E-state index in [1.807, 2.05) is 38.1 Å². The molecule has 5 heteroatoms. The number of hydrogen-bond acceptors (Lipinski definition) is 3. The quantitative estimate of drug-likeness (QED) is 0.881. The molecule has 0 atom stereocenters. The van der Waals surface area contributed by atoms with E-state index in [-0.39, 0.29) is 6.10 Å². The van der Waals surface area contributed by atoms with Crippen LogP contribution in [-0.2, 0) is 0 Å². The number of H-pyrrole nitrogens is 1. The lowest BCUT2D eigenvalue weighted by molar-refractivity contribution is 0.242. The third-order valence-corrected chi connectivity index (χ3v) is 2.45. The van der Waals surface area contributed by atoms with Crippen LogP contribution in [0.1, 0.15) is 13.8 Å². The number of nitrogens with one attached hydrogen (secondary N) is 1. The molecule has 0 amide bonds. The summed E-state index contributed by atoms with van der Waals surface area (Å²) in [6.45, 7) is 3.97. The third kappa shape index (κ3) is 2.71. The molecule has 0 fully saturated rings. The fraction of sp³-hybridized carbons (Fsp3) is 0.250. The maximum Gasteiger partial charge on any atom is 0.199 e. The predicted molar refractivity (Wildman–Crippen MR) is 69.2 cm³/mol. The number of imidazole rings is 1. The Morgan fingerprint density at radius 3 is 2.41 bits per heavy atom. The highest BCUT2D eigenvalue weighted by Gasteiger charge is 2.09. The summed E-state index contributed by atoms with van der Waals surface area (Å²) in [5, 5.41) is 0.444. The van der Waals surface area contributed by atoms with Crippen molar-refractivity contribution in [2.45, 2.75) is 20.0 Å². The zero-order valence-electron chi connectivity index (χ0n) is 9.70. The van der Waals surface area contributed by atoms with Crippen molar-refractivity contribution in [1.82, 2.24) is 9.97 Å². The SMILES string of the molecule is CC(C)Oc1ccc(-c2nc(N)[nH]c2Cl)cc1. The minimum atomic E-state index is 0.158. The molecule has 1 aromatic heterocycles. The van der Waals surface area contributed by atoms with Crippen LogP contribution in [0.4, 0.5) is 5.95 Å². The van der Waals surface area contributed by atoms with Gasteiger partial charge < -0.3 is 15.5 Å². The van der Waals surface area contributed by atoms with E-state index in [9.17, 15) is 0 Å². The highest BCUT2D eigenvalue weighted by atomic mass is 35.5. The number of nitrogens with two attached hydrogens (primary N) is 1. The molecule has 90 valence electrons. The van der Waals surface area contributed by atoms with E-state index in [2.05, 4.69) is 9.97 Å². The Morgan fingerprint density at radius 1 is 1.29 bits per heavy atom. The van der Waals surface area contributed by atoms with Crippen LogP contribution >= 0.6 is 11.6 Å². The molecule has 4 nitrogen and oxygen atoms in total. The average molecular weight is 252 g/mol. The molecule has 0 aliphatic heterocycles. The summed E-state index contributed by atoms with van der Waals surface area (Å²) >= 11 is 5.97. The van der Waals surface area contributed by atoms with E-state index >= 15 is 0 Å². The molecule has 0 radical (unpaired) electrons. The maximum atomic E-state index is 5.97. The Bertz CT molecular complexity index is 505. The molecule has 3 N–H and O–H groups in total. The number of aromatic nitrogens is 2. The van der Waals surface area contributed by atoms with E-state index < -0.39 is 0 Å². The van der Waals surface area contributed by atoms with Crippen molar-refractivity contribution < 1.29 is 4.74 Å². The molecule has 17 heavy (non-hydrogen) atoms. The van der Waals surface area contributed by atoms with Crippen LogP contribution in [-0.4, -0.2) is 16.1 Å². The zero-order valence-corrected chi connectivity index (χ0v) is 10.5. The molecule has 0 unspecified atom stereocenters. The second-order valence-corrected chi connectivity index (χ2v) is 4.35. The third-order valence-electron chi connectivity index (χ3n) is 2.18.